The number of amides is 1. The smallest absolute Gasteiger partial charge is 0.225 e. The third-order valence-corrected chi connectivity index (χ3v) is 2.97. The first-order valence-corrected chi connectivity index (χ1v) is 6.76. The van der Waals surface area contributed by atoms with Crippen molar-refractivity contribution >= 4 is 5.91 Å². The van der Waals surface area contributed by atoms with Gasteiger partial charge in [-0.3, -0.25) is 4.79 Å². The Morgan fingerprint density at radius 3 is 2.60 bits per heavy atom. The summed E-state index contributed by atoms with van der Waals surface area (Å²) in [6.07, 6.45) is 0.665. The molecule has 0 unspecified atom stereocenters. The fourth-order valence-electron chi connectivity index (χ4n) is 1.74. The standard InChI is InChI=1S/C16H20N2O2/c1-16(2,3)15(19)17-10-9-13-11-14(20-18-13)12-7-5-4-6-8-12/h4-8,11H,9-10H2,1-3H3,(H,17,19). The van der Waals surface area contributed by atoms with E-state index in [4.69, 9.17) is 4.52 Å². The monoisotopic (exact) mass is 272 g/mol. The van der Waals surface area contributed by atoms with Gasteiger partial charge >= 0.3 is 0 Å². The maximum atomic E-state index is 11.7. The predicted octanol–water partition coefficient (Wildman–Crippen LogP) is 3.05. The van der Waals surface area contributed by atoms with Gasteiger partial charge in [0.1, 0.15) is 0 Å². The Morgan fingerprint density at radius 2 is 1.95 bits per heavy atom. The molecule has 0 aliphatic carbocycles. The molecule has 0 radical (unpaired) electrons. The highest BCUT2D eigenvalue weighted by Gasteiger charge is 2.20. The Balaban J connectivity index is 1.90. The molecule has 20 heavy (non-hydrogen) atoms. The minimum Gasteiger partial charge on any atom is -0.356 e. The van der Waals surface area contributed by atoms with Gasteiger partial charge in [-0.2, -0.15) is 0 Å². The number of carbonyl (C=O) groups excluding carboxylic acids is 1. The Morgan fingerprint density at radius 1 is 1.25 bits per heavy atom. The molecule has 2 rings (SSSR count). The molecule has 0 aliphatic rings. The van der Waals surface area contributed by atoms with E-state index in [0.29, 0.717) is 13.0 Å². The summed E-state index contributed by atoms with van der Waals surface area (Å²) in [6.45, 7) is 6.25. The Kier molecular flexibility index (Phi) is 4.23. The van der Waals surface area contributed by atoms with Crippen LogP contribution in [0.1, 0.15) is 26.5 Å². The SMILES string of the molecule is CC(C)(C)C(=O)NCCc1cc(-c2ccccc2)on1. The first-order valence-electron chi connectivity index (χ1n) is 6.76. The van der Waals surface area contributed by atoms with E-state index >= 15 is 0 Å². The molecule has 106 valence electrons. The molecule has 0 aliphatic heterocycles. The maximum Gasteiger partial charge on any atom is 0.225 e. The number of rotatable bonds is 4. The molecule has 0 atom stereocenters. The molecule has 0 saturated heterocycles. The second-order valence-corrected chi connectivity index (χ2v) is 5.80. The van der Waals surface area contributed by atoms with E-state index in [9.17, 15) is 4.79 Å². The molecular weight excluding hydrogens is 252 g/mol. The molecule has 4 nitrogen and oxygen atoms in total. The van der Waals surface area contributed by atoms with Crippen LogP contribution in [-0.2, 0) is 11.2 Å². The van der Waals surface area contributed by atoms with E-state index in [1.807, 2.05) is 57.2 Å². The molecular formula is C16H20N2O2. The van der Waals surface area contributed by atoms with Gasteiger partial charge in [0, 0.05) is 30.0 Å². The van der Waals surface area contributed by atoms with Gasteiger partial charge in [0.05, 0.1) is 5.69 Å². The van der Waals surface area contributed by atoms with Crippen LogP contribution in [-0.4, -0.2) is 17.6 Å². The van der Waals surface area contributed by atoms with Crippen LogP contribution >= 0.6 is 0 Å². The second-order valence-electron chi connectivity index (χ2n) is 5.80. The zero-order valence-electron chi connectivity index (χ0n) is 12.1. The van der Waals surface area contributed by atoms with Crippen LogP contribution in [0.25, 0.3) is 11.3 Å². The van der Waals surface area contributed by atoms with E-state index < -0.39 is 0 Å². The van der Waals surface area contributed by atoms with Crippen LogP contribution in [0.3, 0.4) is 0 Å². The van der Waals surface area contributed by atoms with Gasteiger partial charge in [0.25, 0.3) is 0 Å². The highest BCUT2D eigenvalue weighted by atomic mass is 16.5. The largest absolute Gasteiger partial charge is 0.356 e. The number of nitrogens with zero attached hydrogens (tertiary/aromatic N) is 1. The van der Waals surface area contributed by atoms with Gasteiger partial charge in [-0.05, 0) is 0 Å². The summed E-state index contributed by atoms with van der Waals surface area (Å²) in [6, 6.07) is 11.8. The molecule has 2 aromatic rings. The molecule has 1 aromatic carbocycles. The molecule has 0 bridgehead atoms. The van der Waals surface area contributed by atoms with E-state index in [-0.39, 0.29) is 11.3 Å². The number of aromatic nitrogens is 1. The van der Waals surface area contributed by atoms with Crippen molar-refractivity contribution < 1.29 is 9.32 Å². The third kappa shape index (κ3) is 3.70. The number of hydrogen-bond acceptors (Lipinski definition) is 3. The van der Waals surface area contributed by atoms with Crippen molar-refractivity contribution in [3.8, 4) is 11.3 Å². The zero-order valence-corrected chi connectivity index (χ0v) is 12.1. The number of hydrogen-bond donors (Lipinski definition) is 1. The summed E-state index contributed by atoms with van der Waals surface area (Å²) in [5.41, 5.74) is 1.49. The fourth-order valence-corrected chi connectivity index (χ4v) is 1.74. The lowest BCUT2D eigenvalue weighted by Gasteiger charge is -2.17. The molecule has 1 aromatic heterocycles. The van der Waals surface area contributed by atoms with Crippen LogP contribution in [0.4, 0.5) is 0 Å². The topological polar surface area (TPSA) is 55.1 Å². The summed E-state index contributed by atoms with van der Waals surface area (Å²) in [4.78, 5) is 11.7. The maximum absolute atomic E-state index is 11.7. The molecule has 1 heterocycles. The van der Waals surface area contributed by atoms with Gasteiger partial charge in [0.2, 0.25) is 5.91 Å². The summed E-state index contributed by atoms with van der Waals surface area (Å²) in [7, 11) is 0. The highest BCUT2D eigenvalue weighted by Crippen LogP contribution is 2.19. The number of carbonyl (C=O) groups is 1. The van der Waals surface area contributed by atoms with Crippen LogP contribution in [0.15, 0.2) is 40.9 Å². The van der Waals surface area contributed by atoms with E-state index in [1.165, 1.54) is 0 Å². The quantitative estimate of drug-likeness (QED) is 0.930. The van der Waals surface area contributed by atoms with Crippen LogP contribution in [0.5, 0.6) is 0 Å². The van der Waals surface area contributed by atoms with Gasteiger partial charge < -0.3 is 9.84 Å². The zero-order chi connectivity index (χ0) is 14.6. The number of nitrogens with one attached hydrogen (secondary N) is 1. The molecule has 0 saturated carbocycles. The van der Waals surface area contributed by atoms with Crippen molar-refractivity contribution in [2.24, 2.45) is 5.41 Å². The van der Waals surface area contributed by atoms with Crippen molar-refractivity contribution in [3.05, 3.63) is 42.1 Å². The van der Waals surface area contributed by atoms with Crippen molar-refractivity contribution in [1.29, 1.82) is 0 Å². The molecule has 4 heteroatoms. The van der Waals surface area contributed by atoms with Gasteiger partial charge in [-0.1, -0.05) is 56.3 Å². The van der Waals surface area contributed by atoms with Crippen molar-refractivity contribution in [2.75, 3.05) is 6.54 Å². The normalized spacial score (nSPS) is 11.3. The second kappa shape index (κ2) is 5.90. The fraction of sp³-hybridized carbons (Fsp3) is 0.375. The van der Waals surface area contributed by atoms with Crippen LogP contribution in [0, 0.1) is 5.41 Å². The lowest BCUT2D eigenvalue weighted by molar-refractivity contribution is -0.128. The summed E-state index contributed by atoms with van der Waals surface area (Å²) in [5.74, 6) is 0.798. The van der Waals surface area contributed by atoms with Crippen molar-refractivity contribution in [1.82, 2.24) is 10.5 Å². The highest BCUT2D eigenvalue weighted by molar-refractivity contribution is 5.81. The molecule has 0 spiro atoms. The average Bonchev–Trinajstić information content (AvgIpc) is 2.87. The van der Waals surface area contributed by atoms with E-state index in [2.05, 4.69) is 10.5 Å². The minimum absolute atomic E-state index is 0.0456. The predicted molar refractivity (Wildman–Crippen MR) is 78.1 cm³/mol. The lowest BCUT2D eigenvalue weighted by atomic mass is 9.96. The van der Waals surface area contributed by atoms with Crippen LogP contribution < -0.4 is 5.32 Å². The molecule has 1 amide bonds. The number of benzene rings is 1. The van der Waals surface area contributed by atoms with E-state index in [0.717, 1.165) is 17.0 Å². The summed E-state index contributed by atoms with van der Waals surface area (Å²) in [5, 5.41) is 6.92. The Labute approximate surface area is 119 Å². The average molecular weight is 272 g/mol. The Hall–Kier alpha value is -2.10. The third-order valence-electron chi connectivity index (χ3n) is 2.97. The molecule has 0 fully saturated rings. The van der Waals surface area contributed by atoms with Crippen molar-refractivity contribution in [2.45, 2.75) is 27.2 Å². The van der Waals surface area contributed by atoms with E-state index in [1.54, 1.807) is 0 Å². The molecule has 1 N–H and O–H groups in total. The van der Waals surface area contributed by atoms with Gasteiger partial charge in [-0.25, -0.2) is 0 Å². The van der Waals surface area contributed by atoms with Crippen LogP contribution in [0.2, 0.25) is 0 Å². The first kappa shape index (κ1) is 14.3. The van der Waals surface area contributed by atoms with Gasteiger partial charge in [-0.15, -0.1) is 0 Å². The Bertz CT molecular complexity index is 568. The van der Waals surface area contributed by atoms with Crippen molar-refractivity contribution in [3.63, 3.8) is 0 Å². The summed E-state index contributed by atoms with van der Waals surface area (Å²) >= 11 is 0. The lowest BCUT2D eigenvalue weighted by Crippen LogP contribution is -2.35. The summed E-state index contributed by atoms with van der Waals surface area (Å²) < 4.78 is 5.31. The van der Waals surface area contributed by atoms with Gasteiger partial charge in [0.15, 0.2) is 5.76 Å². The minimum atomic E-state index is -0.362. The first-order chi connectivity index (χ1) is 9.47.